The Hall–Kier alpha value is -1.94. The Kier molecular flexibility index (Phi) is 3.53. The van der Waals surface area contributed by atoms with Crippen molar-refractivity contribution < 1.29 is 4.79 Å². The topological polar surface area (TPSA) is 68.0 Å². The summed E-state index contributed by atoms with van der Waals surface area (Å²) in [5, 5.41) is 4.85. The van der Waals surface area contributed by atoms with E-state index in [9.17, 15) is 4.79 Å². The molecule has 0 spiro atoms. The van der Waals surface area contributed by atoms with Crippen molar-refractivity contribution in [2.24, 2.45) is 11.1 Å². The van der Waals surface area contributed by atoms with Gasteiger partial charge in [0.2, 0.25) is 5.91 Å². The van der Waals surface area contributed by atoms with Crippen LogP contribution in [0.5, 0.6) is 0 Å². The maximum Gasteiger partial charge on any atom is 0.241 e. The molecule has 0 saturated carbocycles. The van der Waals surface area contributed by atoms with Crippen LogP contribution in [0, 0.1) is 5.41 Å². The highest BCUT2D eigenvalue weighted by atomic mass is 16.2. The molecule has 0 bridgehead atoms. The number of carbonyl (C=O) groups excluding carboxylic acids is 1. The summed E-state index contributed by atoms with van der Waals surface area (Å²) in [6.07, 6.45) is 3.48. The molecule has 0 fully saturated rings. The number of aromatic nitrogens is 1. The maximum absolute atomic E-state index is 12.2. The quantitative estimate of drug-likeness (QED) is 0.868. The van der Waals surface area contributed by atoms with Crippen LogP contribution in [0.4, 0.5) is 5.69 Å². The molecule has 0 radical (unpaired) electrons. The first-order valence-electron chi connectivity index (χ1n) is 6.29. The van der Waals surface area contributed by atoms with E-state index in [1.54, 1.807) is 12.4 Å². The third kappa shape index (κ3) is 2.90. The lowest BCUT2D eigenvalue weighted by molar-refractivity contribution is -0.119. The van der Waals surface area contributed by atoms with Crippen LogP contribution in [0.15, 0.2) is 36.7 Å². The van der Waals surface area contributed by atoms with E-state index in [0.29, 0.717) is 0 Å². The van der Waals surface area contributed by atoms with Crippen LogP contribution < -0.4 is 11.1 Å². The number of hydrogen-bond acceptors (Lipinski definition) is 3. The Labute approximate surface area is 113 Å². The molecular weight excluding hydrogens is 238 g/mol. The van der Waals surface area contributed by atoms with Gasteiger partial charge < -0.3 is 11.1 Å². The van der Waals surface area contributed by atoms with Gasteiger partial charge in [-0.05, 0) is 17.5 Å². The number of nitrogens with zero attached hydrogens (tertiary/aromatic N) is 1. The summed E-state index contributed by atoms with van der Waals surface area (Å²) in [6, 6.07) is 7.05. The van der Waals surface area contributed by atoms with Crippen LogP contribution >= 0.6 is 0 Å². The second-order valence-electron chi connectivity index (χ2n) is 5.74. The second-order valence-corrected chi connectivity index (χ2v) is 5.74. The number of nitrogens with one attached hydrogen (secondary N) is 1. The first-order chi connectivity index (χ1) is 8.89. The highest BCUT2D eigenvalue weighted by Gasteiger charge is 2.27. The zero-order chi connectivity index (χ0) is 14.0. The molecule has 0 saturated heterocycles. The number of hydrogen-bond donors (Lipinski definition) is 2. The van der Waals surface area contributed by atoms with Gasteiger partial charge in [-0.2, -0.15) is 0 Å². The van der Waals surface area contributed by atoms with E-state index in [0.717, 1.165) is 16.5 Å². The number of rotatable bonds is 2. The van der Waals surface area contributed by atoms with Crippen LogP contribution in [0.3, 0.4) is 0 Å². The standard InChI is InChI=1S/C15H19N3O/c1-15(2,3)13(16)14(19)18-12-6-4-5-10-9-17-8-7-11(10)12/h4-9,13H,16H2,1-3H3,(H,18,19). The maximum atomic E-state index is 12.2. The van der Waals surface area contributed by atoms with Crippen LogP contribution in [0.1, 0.15) is 20.8 Å². The lowest BCUT2D eigenvalue weighted by Crippen LogP contribution is -2.45. The number of amides is 1. The minimum absolute atomic E-state index is 0.170. The number of anilines is 1. The third-order valence-corrected chi connectivity index (χ3v) is 3.15. The molecule has 0 aliphatic rings. The summed E-state index contributed by atoms with van der Waals surface area (Å²) < 4.78 is 0. The Morgan fingerprint density at radius 1 is 1.32 bits per heavy atom. The first-order valence-corrected chi connectivity index (χ1v) is 6.29. The molecule has 1 unspecified atom stereocenters. The van der Waals surface area contributed by atoms with Gasteiger partial charge in [-0.3, -0.25) is 9.78 Å². The molecule has 0 aliphatic carbocycles. The molecule has 19 heavy (non-hydrogen) atoms. The van der Waals surface area contributed by atoms with Crippen molar-refractivity contribution >= 4 is 22.4 Å². The van der Waals surface area contributed by atoms with E-state index in [-0.39, 0.29) is 11.3 Å². The molecule has 1 heterocycles. The van der Waals surface area contributed by atoms with Crippen molar-refractivity contribution in [2.45, 2.75) is 26.8 Å². The molecule has 2 rings (SSSR count). The zero-order valence-electron chi connectivity index (χ0n) is 11.5. The fourth-order valence-corrected chi connectivity index (χ4v) is 1.84. The minimum Gasteiger partial charge on any atom is -0.324 e. The smallest absolute Gasteiger partial charge is 0.241 e. The summed E-state index contributed by atoms with van der Waals surface area (Å²) in [4.78, 5) is 16.2. The van der Waals surface area contributed by atoms with Gasteiger partial charge in [-0.15, -0.1) is 0 Å². The number of carbonyl (C=O) groups is 1. The molecule has 1 aromatic carbocycles. The van der Waals surface area contributed by atoms with Crippen LogP contribution in [-0.4, -0.2) is 16.9 Å². The van der Waals surface area contributed by atoms with Crippen LogP contribution in [0.25, 0.3) is 10.8 Å². The minimum atomic E-state index is -0.551. The summed E-state index contributed by atoms with van der Waals surface area (Å²) in [5.41, 5.74) is 6.46. The van der Waals surface area contributed by atoms with E-state index >= 15 is 0 Å². The van der Waals surface area contributed by atoms with Gasteiger partial charge in [0.05, 0.1) is 6.04 Å². The molecule has 100 valence electrons. The fraction of sp³-hybridized carbons (Fsp3) is 0.333. The molecule has 3 N–H and O–H groups in total. The van der Waals surface area contributed by atoms with E-state index in [4.69, 9.17) is 5.73 Å². The Bertz CT molecular complexity index is 596. The Morgan fingerprint density at radius 3 is 2.74 bits per heavy atom. The molecule has 1 aromatic heterocycles. The Balaban J connectivity index is 2.29. The van der Waals surface area contributed by atoms with Gasteiger partial charge in [0.1, 0.15) is 0 Å². The second kappa shape index (κ2) is 4.97. The summed E-state index contributed by atoms with van der Waals surface area (Å²) >= 11 is 0. The lowest BCUT2D eigenvalue weighted by Gasteiger charge is -2.26. The fourth-order valence-electron chi connectivity index (χ4n) is 1.84. The molecule has 4 nitrogen and oxygen atoms in total. The van der Waals surface area contributed by atoms with Gasteiger partial charge in [-0.25, -0.2) is 0 Å². The summed E-state index contributed by atoms with van der Waals surface area (Å²) in [7, 11) is 0. The summed E-state index contributed by atoms with van der Waals surface area (Å²) in [6.45, 7) is 5.85. The zero-order valence-corrected chi connectivity index (χ0v) is 11.5. The molecule has 1 atom stereocenters. The van der Waals surface area contributed by atoms with Crippen LogP contribution in [-0.2, 0) is 4.79 Å². The monoisotopic (exact) mass is 257 g/mol. The number of fused-ring (bicyclic) bond motifs is 1. The molecule has 4 heteroatoms. The van der Waals surface area contributed by atoms with Crippen molar-refractivity contribution in [3.63, 3.8) is 0 Å². The van der Waals surface area contributed by atoms with E-state index in [2.05, 4.69) is 10.3 Å². The highest BCUT2D eigenvalue weighted by molar-refractivity contribution is 6.03. The van der Waals surface area contributed by atoms with E-state index in [1.807, 2.05) is 45.0 Å². The molecule has 1 amide bonds. The number of nitrogens with two attached hydrogens (primary N) is 1. The molecular formula is C15H19N3O. The van der Waals surface area contributed by atoms with Crippen molar-refractivity contribution in [3.05, 3.63) is 36.7 Å². The van der Waals surface area contributed by atoms with Gasteiger partial charge in [0.25, 0.3) is 0 Å². The Morgan fingerprint density at radius 2 is 2.05 bits per heavy atom. The van der Waals surface area contributed by atoms with E-state index in [1.165, 1.54) is 0 Å². The highest BCUT2D eigenvalue weighted by Crippen LogP contribution is 2.24. The van der Waals surface area contributed by atoms with Crippen LogP contribution in [0.2, 0.25) is 0 Å². The predicted octanol–water partition coefficient (Wildman–Crippen LogP) is 2.55. The largest absolute Gasteiger partial charge is 0.324 e. The van der Waals surface area contributed by atoms with Gasteiger partial charge in [0, 0.05) is 28.9 Å². The molecule has 2 aromatic rings. The van der Waals surface area contributed by atoms with Crippen molar-refractivity contribution in [1.29, 1.82) is 0 Å². The predicted molar refractivity (Wildman–Crippen MR) is 77.8 cm³/mol. The van der Waals surface area contributed by atoms with Gasteiger partial charge >= 0.3 is 0 Å². The number of benzene rings is 1. The lowest BCUT2D eigenvalue weighted by atomic mass is 9.87. The summed E-state index contributed by atoms with van der Waals surface area (Å²) in [5.74, 6) is -0.170. The van der Waals surface area contributed by atoms with Gasteiger partial charge in [0.15, 0.2) is 0 Å². The van der Waals surface area contributed by atoms with Crippen molar-refractivity contribution in [2.75, 3.05) is 5.32 Å². The van der Waals surface area contributed by atoms with E-state index < -0.39 is 6.04 Å². The molecule has 0 aliphatic heterocycles. The number of pyridine rings is 1. The SMILES string of the molecule is CC(C)(C)C(N)C(=O)Nc1cccc2cnccc12. The van der Waals surface area contributed by atoms with Crippen molar-refractivity contribution in [1.82, 2.24) is 4.98 Å². The normalized spacial score (nSPS) is 13.3. The average molecular weight is 257 g/mol. The van der Waals surface area contributed by atoms with Crippen molar-refractivity contribution in [3.8, 4) is 0 Å². The first kappa shape index (κ1) is 13.5. The third-order valence-electron chi connectivity index (χ3n) is 3.15. The van der Waals surface area contributed by atoms with Gasteiger partial charge in [-0.1, -0.05) is 32.9 Å². The average Bonchev–Trinajstić information content (AvgIpc) is 2.37.